The molecule has 0 saturated carbocycles. The first kappa shape index (κ1) is 18.4. The maximum Gasteiger partial charge on any atom is 0.315 e. The van der Waals surface area contributed by atoms with Crippen molar-refractivity contribution in [2.45, 2.75) is 26.4 Å². The van der Waals surface area contributed by atoms with Crippen molar-refractivity contribution in [2.24, 2.45) is 0 Å². The van der Waals surface area contributed by atoms with E-state index >= 15 is 0 Å². The molecule has 0 aliphatic carbocycles. The number of benzene rings is 1. The largest absolute Gasteiger partial charge is 0.352 e. The molecule has 8 heteroatoms. The molecular weight excluding hydrogens is 325 g/mol. The van der Waals surface area contributed by atoms with Gasteiger partial charge in [0.05, 0.1) is 11.4 Å². The standard InChI is InChI=1S/C17H22FN5O2/c1-12-14(11-23(22-12)15-6-4-3-5-7-15)10-20-17(25)21-13(2)16(24)19-9-8-18/h3-7,11,13H,8-10H2,1-2H3,(H,19,24)(H2,20,21,25)/t13-/m0/s1. The molecule has 3 amide bonds. The fraction of sp³-hybridized carbons (Fsp3) is 0.353. The quantitative estimate of drug-likeness (QED) is 0.708. The summed E-state index contributed by atoms with van der Waals surface area (Å²) in [5.74, 6) is -0.430. The van der Waals surface area contributed by atoms with Crippen LogP contribution >= 0.6 is 0 Å². The lowest BCUT2D eigenvalue weighted by atomic mass is 10.2. The van der Waals surface area contributed by atoms with E-state index in [-0.39, 0.29) is 13.1 Å². The van der Waals surface area contributed by atoms with Gasteiger partial charge in [-0.1, -0.05) is 18.2 Å². The number of rotatable bonds is 7. The number of carbonyl (C=O) groups is 2. The molecule has 0 unspecified atom stereocenters. The number of halogens is 1. The molecule has 0 aliphatic heterocycles. The smallest absolute Gasteiger partial charge is 0.315 e. The molecule has 0 radical (unpaired) electrons. The van der Waals surface area contributed by atoms with Crippen LogP contribution in [0.25, 0.3) is 5.69 Å². The van der Waals surface area contributed by atoms with Crippen LogP contribution in [0.15, 0.2) is 36.5 Å². The van der Waals surface area contributed by atoms with Gasteiger partial charge in [0, 0.05) is 24.8 Å². The molecule has 2 rings (SSSR count). The number of hydrogen-bond acceptors (Lipinski definition) is 3. The third-order valence-corrected chi connectivity index (χ3v) is 3.60. The highest BCUT2D eigenvalue weighted by molar-refractivity contribution is 5.86. The summed E-state index contributed by atoms with van der Waals surface area (Å²) >= 11 is 0. The Hall–Kier alpha value is -2.90. The van der Waals surface area contributed by atoms with Gasteiger partial charge in [0.15, 0.2) is 0 Å². The first-order valence-corrected chi connectivity index (χ1v) is 8.00. The van der Waals surface area contributed by atoms with Crippen LogP contribution < -0.4 is 16.0 Å². The molecule has 25 heavy (non-hydrogen) atoms. The van der Waals surface area contributed by atoms with E-state index in [1.165, 1.54) is 6.92 Å². The Kier molecular flexibility index (Phi) is 6.50. The number of aryl methyl sites for hydroxylation is 1. The van der Waals surface area contributed by atoms with Crippen molar-refractivity contribution >= 4 is 11.9 Å². The monoisotopic (exact) mass is 347 g/mol. The number of nitrogens with one attached hydrogen (secondary N) is 3. The van der Waals surface area contributed by atoms with Crippen molar-refractivity contribution in [1.82, 2.24) is 25.7 Å². The molecule has 1 atom stereocenters. The van der Waals surface area contributed by atoms with Gasteiger partial charge in [0.2, 0.25) is 5.91 Å². The first-order valence-electron chi connectivity index (χ1n) is 8.00. The summed E-state index contributed by atoms with van der Waals surface area (Å²) in [4.78, 5) is 23.5. The van der Waals surface area contributed by atoms with Crippen molar-refractivity contribution in [3.05, 3.63) is 47.8 Å². The zero-order valence-electron chi connectivity index (χ0n) is 14.3. The highest BCUT2D eigenvalue weighted by atomic mass is 19.1. The van der Waals surface area contributed by atoms with Gasteiger partial charge < -0.3 is 16.0 Å². The number of alkyl halides is 1. The molecule has 3 N–H and O–H groups in total. The number of urea groups is 1. The molecule has 0 saturated heterocycles. The lowest BCUT2D eigenvalue weighted by Gasteiger charge is -2.14. The molecule has 134 valence electrons. The average Bonchev–Trinajstić information content (AvgIpc) is 2.99. The minimum absolute atomic E-state index is 0.0651. The SMILES string of the molecule is Cc1nn(-c2ccccc2)cc1CNC(=O)N[C@@H](C)C(=O)NCCF. The fourth-order valence-electron chi connectivity index (χ4n) is 2.19. The van der Waals surface area contributed by atoms with Crippen LogP contribution in [0.1, 0.15) is 18.2 Å². The molecule has 0 spiro atoms. The summed E-state index contributed by atoms with van der Waals surface area (Å²) in [6.07, 6.45) is 1.85. The van der Waals surface area contributed by atoms with E-state index in [1.807, 2.05) is 43.5 Å². The van der Waals surface area contributed by atoms with E-state index in [4.69, 9.17) is 0 Å². The summed E-state index contributed by atoms with van der Waals surface area (Å²) in [5, 5.41) is 12.0. The second-order valence-corrected chi connectivity index (χ2v) is 5.55. The van der Waals surface area contributed by atoms with Crippen LogP contribution in [0, 0.1) is 6.92 Å². The summed E-state index contributed by atoms with van der Waals surface area (Å²) < 4.78 is 13.8. The third-order valence-electron chi connectivity index (χ3n) is 3.60. The van der Waals surface area contributed by atoms with Gasteiger partial charge in [0.25, 0.3) is 0 Å². The van der Waals surface area contributed by atoms with Gasteiger partial charge in [0.1, 0.15) is 12.7 Å². The van der Waals surface area contributed by atoms with Crippen LogP contribution in [0.5, 0.6) is 0 Å². The Morgan fingerprint density at radius 2 is 1.96 bits per heavy atom. The summed E-state index contributed by atoms with van der Waals surface area (Å²) in [6.45, 7) is 2.97. The fourth-order valence-corrected chi connectivity index (χ4v) is 2.19. The zero-order valence-corrected chi connectivity index (χ0v) is 14.3. The normalized spacial score (nSPS) is 11.6. The molecule has 1 heterocycles. The number of carbonyl (C=O) groups excluding carboxylic acids is 2. The highest BCUT2D eigenvalue weighted by Crippen LogP contribution is 2.11. The number of amides is 3. The van der Waals surface area contributed by atoms with E-state index in [1.54, 1.807) is 4.68 Å². The molecular formula is C17H22FN5O2. The highest BCUT2D eigenvalue weighted by Gasteiger charge is 2.15. The van der Waals surface area contributed by atoms with Gasteiger partial charge in [-0.25, -0.2) is 13.9 Å². The van der Waals surface area contributed by atoms with Gasteiger partial charge in [-0.2, -0.15) is 5.10 Å². The molecule has 0 aliphatic rings. The Balaban J connectivity index is 1.88. The topological polar surface area (TPSA) is 88.1 Å². The van der Waals surface area contributed by atoms with E-state index in [0.29, 0.717) is 0 Å². The number of aromatic nitrogens is 2. The Morgan fingerprint density at radius 1 is 1.24 bits per heavy atom. The van der Waals surface area contributed by atoms with Crippen LogP contribution in [-0.2, 0) is 11.3 Å². The minimum Gasteiger partial charge on any atom is -0.352 e. The van der Waals surface area contributed by atoms with Gasteiger partial charge in [-0.05, 0) is 26.0 Å². The molecule has 2 aromatic rings. The van der Waals surface area contributed by atoms with Crippen molar-refractivity contribution in [3.8, 4) is 5.69 Å². The number of para-hydroxylation sites is 1. The third kappa shape index (κ3) is 5.30. The van der Waals surface area contributed by atoms with E-state index < -0.39 is 24.7 Å². The van der Waals surface area contributed by atoms with E-state index in [2.05, 4.69) is 21.0 Å². The van der Waals surface area contributed by atoms with Crippen molar-refractivity contribution in [3.63, 3.8) is 0 Å². The molecule has 1 aromatic heterocycles. The second kappa shape index (κ2) is 8.81. The van der Waals surface area contributed by atoms with Gasteiger partial charge in [-0.15, -0.1) is 0 Å². The van der Waals surface area contributed by atoms with Crippen molar-refractivity contribution in [1.29, 1.82) is 0 Å². The average molecular weight is 347 g/mol. The molecule has 1 aromatic carbocycles. The Bertz CT molecular complexity index is 717. The van der Waals surface area contributed by atoms with Crippen LogP contribution in [0.4, 0.5) is 9.18 Å². The van der Waals surface area contributed by atoms with Crippen LogP contribution in [-0.4, -0.2) is 41.0 Å². The predicted molar refractivity (Wildman–Crippen MR) is 92.1 cm³/mol. The maximum atomic E-state index is 12.0. The molecule has 0 bridgehead atoms. The second-order valence-electron chi connectivity index (χ2n) is 5.55. The molecule has 0 fully saturated rings. The van der Waals surface area contributed by atoms with Gasteiger partial charge in [-0.3, -0.25) is 4.79 Å². The van der Waals surface area contributed by atoms with Crippen LogP contribution in [0.3, 0.4) is 0 Å². The Morgan fingerprint density at radius 3 is 2.64 bits per heavy atom. The van der Waals surface area contributed by atoms with E-state index in [9.17, 15) is 14.0 Å². The van der Waals surface area contributed by atoms with Gasteiger partial charge >= 0.3 is 6.03 Å². The summed E-state index contributed by atoms with van der Waals surface area (Å²) in [6, 6.07) is 8.43. The summed E-state index contributed by atoms with van der Waals surface area (Å²) in [7, 11) is 0. The predicted octanol–water partition coefficient (Wildman–Crippen LogP) is 1.45. The van der Waals surface area contributed by atoms with Crippen molar-refractivity contribution < 1.29 is 14.0 Å². The first-order chi connectivity index (χ1) is 12.0. The number of hydrogen-bond donors (Lipinski definition) is 3. The van der Waals surface area contributed by atoms with Crippen molar-refractivity contribution in [2.75, 3.05) is 13.2 Å². The maximum absolute atomic E-state index is 12.0. The van der Waals surface area contributed by atoms with E-state index in [0.717, 1.165) is 16.9 Å². The number of nitrogens with zero attached hydrogens (tertiary/aromatic N) is 2. The lowest BCUT2D eigenvalue weighted by molar-refractivity contribution is -0.122. The Labute approximate surface area is 145 Å². The lowest BCUT2D eigenvalue weighted by Crippen LogP contribution is -2.48. The molecule has 7 nitrogen and oxygen atoms in total. The summed E-state index contributed by atoms with van der Waals surface area (Å²) in [5.41, 5.74) is 2.60. The minimum atomic E-state index is -0.750. The van der Waals surface area contributed by atoms with Crippen LogP contribution in [0.2, 0.25) is 0 Å². The zero-order chi connectivity index (χ0) is 18.2.